The summed E-state index contributed by atoms with van der Waals surface area (Å²) in [5.41, 5.74) is 2.52. The second-order valence-electron chi connectivity index (χ2n) is 5.13. The van der Waals surface area contributed by atoms with Crippen molar-refractivity contribution < 1.29 is 9.90 Å². The fraction of sp³-hybridized carbons (Fsp3) is 0.400. The van der Waals surface area contributed by atoms with E-state index in [0.717, 1.165) is 16.6 Å². The van der Waals surface area contributed by atoms with Gasteiger partial charge in [0.15, 0.2) is 0 Å². The Kier molecular flexibility index (Phi) is 3.90. The van der Waals surface area contributed by atoms with Crippen LogP contribution in [0.25, 0.3) is 10.9 Å². The largest absolute Gasteiger partial charge is 0.393 e. The van der Waals surface area contributed by atoms with Crippen LogP contribution in [-0.4, -0.2) is 28.1 Å². The summed E-state index contributed by atoms with van der Waals surface area (Å²) in [7, 11) is 0. The van der Waals surface area contributed by atoms with E-state index in [2.05, 4.69) is 10.3 Å². The van der Waals surface area contributed by atoms with Crippen LogP contribution in [-0.2, 0) is 0 Å². The van der Waals surface area contributed by atoms with Crippen molar-refractivity contribution in [3.05, 3.63) is 35.5 Å². The molecule has 4 nitrogen and oxygen atoms in total. The van der Waals surface area contributed by atoms with Gasteiger partial charge in [-0.2, -0.15) is 0 Å². The smallest absolute Gasteiger partial charge is 0.253 e. The highest BCUT2D eigenvalue weighted by molar-refractivity contribution is 6.08. The zero-order chi connectivity index (χ0) is 14.0. The van der Waals surface area contributed by atoms with Crippen LogP contribution in [0.1, 0.15) is 36.3 Å². The number of aliphatic hydroxyl groups is 1. The van der Waals surface area contributed by atoms with Gasteiger partial charge < -0.3 is 15.4 Å². The molecule has 1 aromatic carbocycles. The zero-order valence-corrected chi connectivity index (χ0v) is 11.5. The predicted octanol–water partition coefficient (Wildman–Crippen LogP) is 2.37. The molecule has 102 valence electrons. The minimum atomic E-state index is -0.417. The van der Waals surface area contributed by atoms with Crippen molar-refractivity contribution in [2.24, 2.45) is 0 Å². The molecule has 1 amide bonds. The van der Waals surface area contributed by atoms with Crippen LogP contribution in [0.3, 0.4) is 0 Å². The highest BCUT2D eigenvalue weighted by atomic mass is 16.3. The molecule has 0 bridgehead atoms. The number of carbonyl (C=O) groups is 1. The Morgan fingerprint density at radius 3 is 2.74 bits per heavy atom. The maximum absolute atomic E-state index is 12.3. The monoisotopic (exact) mass is 260 g/mol. The molecule has 0 aliphatic carbocycles. The summed E-state index contributed by atoms with van der Waals surface area (Å²) in [6.07, 6.45) is 0.131. The fourth-order valence-electron chi connectivity index (χ4n) is 2.44. The second kappa shape index (κ2) is 5.45. The molecule has 0 radical (unpaired) electrons. The number of benzene rings is 1. The van der Waals surface area contributed by atoms with Gasteiger partial charge in [-0.1, -0.05) is 18.2 Å². The molecule has 2 unspecified atom stereocenters. The van der Waals surface area contributed by atoms with Gasteiger partial charge in [0.05, 0.1) is 11.7 Å². The number of fused-ring (bicyclic) bond motifs is 1. The first kappa shape index (κ1) is 13.6. The Morgan fingerprint density at radius 2 is 2.05 bits per heavy atom. The first-order valence-corrected chi connectivity index (χ1v) is 6.55. The molecule has 0 saturated carbocycles. The molecule has 4 heteroatoms. The van der Waals surface area contributed by atoms with E-state index in [0.29, 0.717) is 12.0 Å². The highest BCUT2D eigenvalue weighted by Crippen LogP contribution is 2.21. The molecule has 2 aromatic rings. The van der Waals surface area contributed by atoms with Crippen molar-refractivity contribution in [2.45, 2.75) is 39.3 Å². The molecule has 1 heterocycles. The molecule has 0 aliphatic rings. The number of H-pyrrole nitrogens is 1. The molecule has 0 saturated heterocycles. The van der Waals surface area contributed by atoms with E-state index in [9.17, 15) is 9.90 Å². The molecule has 1 aromatic heterocycles. The van der Waals surface area contributed by atoms with Crippen LogP contribution in [0.15, 0.2) is 24.3 Å². The molecule has 3 N–H and O–H groups in total. The van der Waals surface area contributed by atoms with Crippen LogP contribution < -0.4 is 5.32 Å². The van der Waals surface area contributed by atoms with Crippen molar-refractivity contribution in [1.29, 1.82) is 0 Å². The predicted molar refractivity (Wildman–Crippen MR) is 76.3 cm³/mol. The summed E-state index contributed by atoms with van der Waals surface area (Å²) in [6.45, 7) is 5.52. The van der Waals surface area contributed by atoms with Crippen LogP contribution in [0.4, 0.5) is 0 Å². The lowest BCUT2D eigenvalue weighted by atomic mass is 10.1. The van der Waals surface area contributed by atoms with Crippen LogP contribution >= 0.6 is 0 Å². The van der Waals surface area contributed by atoms with Crippen LogP contribution in [0, 0.1) is 6.92 Å². The van der Waals surface area contributed by atoms with Gasteiger partial charge in [-0.3, -0.25) is 4.79 Å². The number of aryl methyl sites for hydroxylation is 1. The van der Waals surface area contributed by atoms with E-state index in [1.807, 2.05) is 38.1 Å². The number of rotatable bonds is 4. The van der Waals surface area contributed by atoms with E-state index >= 15 is 0 Å². The Morgan fingerprint density at radius 1 is 1.37 bits per heavy atom. The molecule has 0 aliphatic heterocycles. The lowest BCUT2D eigenvalue weighted by Crippen LogP contribution is -2.34. The summed E-state index contributed by atoms with van der Waals surface area (Å²) >= 11 is 0. The van der Waals surface area contributed by atoms with Gasteiger partial charge in [0.1, 0.15) is 0 Å². The van der Waals surface area contributed by atoms with Gasteiger partial charge in [-0.25, -0.2) is 0 Å². The van der Waals surface area contributed by atoms with Crippen molar-refractivity contribution in [2.75, 3.05) is 0 Å². The molecule has 0 spiro atoms. The third-order valence-corrected chi connectivity index (χ3v) is 3.19. The highest BCUT2D eigenvalue weighted by Gasteiger charge is 2.17. The number of aromatic amines is 1. The summed E-state index contributed by atoms with van der Waals surface area (Å²) < 4.78 is 0. The van der Waals surface area contributed by atoms with Crippen molar-refractivity contribution in [1.82, 2.24) is 10.3 Å². The summed E-state index contributed by atoms with van der Waals surface area (Å²) in [6, 6.07) is 7.70. The number of hydrogen-bond donors (Lipinski definition) is 3. The Balaban J connectivity index is 2.24. The maximum atomic E-state index is 12.3. The lowest BCUT2D eigenvalue weighted by molar-refractivity contribution is 0.0924. The number of aromatic nitrogens is 1. The van der Waals surface area contributed by atoms with Crippen LogP contribution in [0.5, 0.6) is 0 Å². The molecule has 0 fully saturated rings. The summed E-state index contributed by atoms with van der Waals surface area (Å²) in [5, 5.41) is 13.2. The average molecular weight is 260 g/mol. The molecular weight excluding hydrogens is 240 g/mol. The standard InChI is InChI=1S/C15H20N2O2/c1-9(8-10(2)18)16-15(19)14-11(3)17-13-7-5-4-6-12(13)14/h4-7,9-10,17-18H,8H2,1-3H3,(H,16,19). The topological polar surface area (TPSA) is 65.1 Å². The number of hydrogen-bond acceptors (Lipinski definition) is 2. The number of aliphatic hydroxyl groups excluding tert-OH is 1. The Hall–Kier alpha value is -1.81. The van der Waals surface area contributed by atoms with Crippen molar-refractivity contribution in [3.8, 4) is 0 Å². The van der Waals surface area contributed by atoms with Gasteiger partial charge in [0.2, 0.25) is 0 Å². The first-order chi connectivity index (χ1) is 8.99. The number of carbonyl (C=O) groups excluding carboxylic acids is 1. The van der Waals surface area contributed by atoms with Gasteiger partial charge in [-0.15, -0.1) is 0 Å². The van der Waals surface area contributed by atoms with E-state index in [4.69, 9.17) is 0 Å². The van der Waals surface area contributed by atoms with E-state index in [1.165, 1.54) is 0 Å². The second-order valence-corrected chi connectivity index (χ2v) is 5.13. The lowest BCUT2D eigenvalue weighted by Gasteiger charge is -2.15. The van der Waals surface area contributed by atoms with Crippen molar-refractivity contribution >= 4 is 16.8 Å². The quantitative estimate of drug-likeness (QED) is 0.790. The van der Waals surface area contributed by atoms with E-state index < -0.39 is 6.10 Å². The fourth-order valence-corrected chi connectivity index (χ4v) is 2.44. The minimum absolute atomic E-state index is 0.0550. The average Bonchev–Trinajstić information content (AvgIpc) is 2.63. The summed E-state index contributed by atoms with van der Waals surface area (Å²) in [5.74, 6) is -0.0944. The number of para-hydroxylation sites is 1. The molecule has 19 heavy (non-hydrogen) atoms. The number of amides is 1. The van der Waals surface area contributed by atoms with E-state index in [-0.39, 0.29) is 11.9 Å². The molecular formula is C15H20N2O2. The van der Waals surface area contributed by atoms with Gasteiger partial charge in [0.25, 0.3) is 5.91 Å². The first-order valence-electron chi connectivity index (χ1n) is 6.55. The summed E-state index contributed by atoms with van der Waals surface area (Å²) in [4.78, 5) is 15.5. The molecule has 2 atom stereocenters. The zero-order valence-electron chi connectivity index (χ0n) is 11.5. The maximum Gasteiger partial charge on any atom is 0.253 e. The third-order valence-electron chi connectivity index (χ3n) is 3.19. The van der Waals surface area contributed by atoms with E-state index in [1.54, 1.807) is 6.92 Å². The minimum Gasteiger partial charge on any atom is -0.393 e. The SMILES string of the molecule is Cc1[nH]c2ccccc2c1C(=O)NC(C)CC(C)O. The molecule has 2 rings (SSSR count). The van der Waals surface area contributed by atoms with Gasteiger partial charge in [-0.05, 0) is 33.3 Å². The van der Waals surface area contributed by atoms with Crippen molar-refractivity contribution in [3.63, 3.8) is 0 Å². The Labute approximate surface area is 112 Å². The Bertz CT molecular complexity index is 587. The normalized spacial score (nSPS) is 14.3. The van der Waals surface area contributed by atoms with Gasteiger partial charge in [0, 0.05) is 22.6 Å². The van der Waals surface area contributed by atoms with Crippen LogP contribution in [0.2, 0.25) is 0 Å². The van der Waals surface area contributed by atoms with Gasteiger partial charge >= 0.3 is 0 Å². The number of nitrogens with one attached hydrogen (secondary N) is 2. The third kappa shape index (κ3) is 2.96.